The molecule has 27 heavy (non-hydrogen) atoms. The lowest BCUT2D eigenvalue weighted by atomic mass is 10.1. The van der Waals surface area contributed by atoms with Gasteiger partial charge in [-0.1, -0.05) is 28.1 Å². The van der Waals surface area contributed by atoms with Crippen molar-refractivity contribution in [2.75, 3.05) is 38.2 Å². The van der Waals surface area contributed by atoms with Gasteiger partial charge in [-0.05, 0) is 30.3 Å². The lowest BCUT2D eigenvalue weighted by molar-refractivity contribution is 0.0601. The number of esters is 1. The molecule has 1 aliphatic heterocycles. The first kappa shape index (κ1) is 18.4. The van der Waals surface area contributed by atoms with Gasteiger partial charge in [0.25, 0.3) is 0 Å². The van der Waals surface area contributed by atoms with E-state index in [1.165, 1.54) is 11.8 Å². The number of ether oxygens (including phenoxy) is 1. The van der Waals surface area contributed by atoms with Crippen LogP contribution < -0.4 is 4.90 Å². The lowest BCUT2D eigenvalue weighted by Crippen LogP contribution is -2.46. The SMILES string of the molecule is COC(=O)c1ccc(Br)cc1N1CCN(Cc2nc3ccccc3s2)CC1. The summed E-state index contributed by atoms with van der Waals surface area (Å²) in [4.78, 5) is 21.5. The largest absolute Gasteiger partial charge is 0.465 e. The summed E-state index contributed by atoms with van der Waals surface area (Å²) >= 11 is 5.28. The van der Waals surface area contributed by atoms with Crippen molar-refractivity contribution < 1.29 is 9.53 Å². The quantitative estimate of drug-likeness (QED) is 0.563. The Morgan fingerprint density at radius 2 is 1.96 bits per heavy atom. The summed E-state index contributed by atoms with van der Waals surface area (Å²) in [7, 11) is 1.42. The average molecular weight is 446 g/mol. The molecule has 3 aromatic rings. The summed E-state index contributed by atoms with van der Waals surface area (Å²) in [5, 5.41) is 1.15. The molecule has 0 bridgehead atoms. The Hall–Kier alpha value is -1.96. The number of hydrogen-bond donors (Lipinski definition) is 0. The monoisotopic (exact) mass is 445 g/mol. The molecule has 2 heterocycles. The van der Waals surface area contributed by atoms with Crippen molar-refractivity contribution in [2.24, 2.45) is 0 Å². The maximum Gasteiger partial charge on any atom is 0.339 e. The topological polar surface area (TPSA) is 45.7 Å². The van der Waals surface area contributed by atoms with Gasteiger partial charge in [-0.3, -0.25) is 4.90 Å². The van der Waals surface area contributed by atoms with E-state index < -0.39 is 0 Å². The molecule has 2 aromatic carbocycles. The number of para-hydroxylation sites is 1. The highest BCUT2D eigenvalue weighted by molar-refractivity contribution is 9.10. The van der Waals surface area contributed by atoms with Crippen molar-refractivity contribution in [1.29, 1.82) is 0 Å². The number of piperazine rings is 1. The smallest absolute Gasteiger partial charge is 0.339 e. The summed E-state index contributed by atoms with van der Waals surface area (Å²) in [5.74, 6) is -0.297. The van der Waals surface area contributed by atoms with E-state index in [0.717, 1.165) is 53.4 Å². The number of fused-ring (bicyclic) bond motifs is 1. The maximum absolute atomic E-state index is 12.1. The number of carbonyl (C=O) groups is 1. The Morgan fingerprint density at radius 3 is 2.70 bits per heavy atom. The molecular weight excluding hydrogens is 426 g/mol. The van der Waals surface area contributed by atoms with E-state index in [1.54, 1.807) is 11.3 Å². The second-order valence-corrected chi connectivity index (χ2v) is 8.52. The van der Waals surface area contributed by atoms with Crippen molar-refractivity contribution in [3.63, 3.8) is 0 Å². The van der Waals surface area contributed by atoms with Gasteiger partial charge >= 0.3 is 5.97 Å². The Morgan fingerprint density at radius 1 is 1.19 bits per heavy atom. The van der Waals surface area contributed by atoms with Crippen LogP contribution in [-0.4, -0.2) is 49.1 Å². The number of aromatic nitrogens is 1. The van der Waals surface area contributed by atoms with Crippen LogP contribution in [-0.2, 0) is 11.3 Å². The molecule has 0 spiro atoms. The summed E-state index contributed by atoms with van der Waals surface area (Å²) in [6.45, 7) is 4.47. The van der Waals surface area contributed by atoms with Gasteiger partial charge in [0.15, 0.2) is 0 Å². The Bertz CT molecular complexity index is 934. The van der Waals surface area contributed by atoms with Crippen LogP contribution in [0.5, 0.6) is 0 Å². The normalized spacial score (nSPS) is 15.3. The second-order valence-electron chi connectivity index (χ2n) is 6.49. The van der Waals surface area contributed by atoms with Gasteiger partial charge in [0.2, 0.25) is 0 Å². The predicted octanol–water partition coefficient (Wildman–Crippen LogP) is 4.17. The summed E-state index contributed by atoms with van der Waals surface area (Å²) < 4.78 is 7.14. The summed E-state index contributed by atoms with van der Waals surface area (Å²) in [5.41, 5.74) is 2.61. The van der Waals surface area contributed by atoms with Gasteiger partial charge in [-0.2, -0.15) is 0 Å². The molecule has 5 nitrogen and oxygen atoms in total. The minimum Gasteiger partial charge on any atom is -0.465 e. The van der Waals surface area contributed by atoms with Crippen LogP contribution in [0.2, 0.25) is 0 Å². The third-order valence-electron chi connectivity index (χ3n) is 4.78. The predicted molar refractivity (Wildman–Crippen MR) is 113 cm³/mol. The molecule has 1 aliphatic rings. The Labute approximate surface area is 170 Å². The highest BCUT2D eigenvalue weighted by Gasteiger charge is 2.23. The first-order chi connectivity index (χ1) is 13.1. The molecule has 1 saturated heterocycles. The van der Waals surface area contributed by atoms with E-state index in [1.807, 2.05) is 24.3 Å². The fourth-order valence-electron chi connectivity index (χ4n) is 3.37. The van der Waals surface area contributed by atoms with Crippen LogP contribution in [0.3, 0.4) is 0 Å². The first-order valence-electron chi connectivity index (χ1n) is 8.83. The molecule has 0 atom stereocenters. The fraction of sp³-hybridized carbons (Fsp3) is 0.300. The molecule has 0 radical (unpaired) electrons. The number of halogens is 1. The molecule has 1 aromatic heterocycles. The molecule has 0 amide bonds. The van der Waals surface area contributed by atoms with Crippen molar-refractivity contribution in [2.45, 2.75) is 6.54 Å². The molecule has 140 valence electrons. The van der Waals surface area contributed by atoms with Crippen molar-refractivity contribution in [1.82, 2.24) is 9.88 Å². The van der Waals surface area contributed by atoms with E-state index in [0.29, 0.717) is 5.56 Å². The number of methoxy groups -OCH3 is 1. The second kappa shape index (κ2) is 7.96. The minimum absolute atomic E-state index is 0.297. The van der Waals surface area contributed by atoms with Crippen molar-refractivity contribution >= 4 is 49.1 Å². The molecule has 0 unspecified atom stereocenters. The van der Waals surface area contributed by atoms with E-state index in [9.17, 15) is 4.79 Å². The van der Waals surface area contributed by atoms with Crippen LogP contribution in [0.15, 0.2) is 46.9 Å². The number of anilines is 1. The molecule has 0 N–H and O–H groups in total. The van der Waals surface area contributed by atoms with Gasteiger partial charge in [0.1, 0.15) is 5.01 Å². The average Bonchev–Trinajstić information content (AvgIpc) is 3.10. The van der Waals surface area contributed by atoms with E-state index >= 15 is 0 Å². The van der Waals surface area contributed by atoms with Crippen LogP contribution in [0.25, 0.3) is 10.2 Å². The van der Waals surface area contributed by atoms with Gasteiger partial charge < -0.3 is 9.64 Å². The number of benzene rings is 2. The van der Waals surface area contributed by atoms with Crippen molar-refractivity contribution in [3.05, 3.63) is 57.5 Å². The zero-order valence-electron chi connectivity index (χ0n) is 15.0. The van der Waals surface area contributed by atoms with Crippen molar-refractivity contribution in [3.8, 4) is 0 Å². The number of nitrogens with zero attached hydrogens (tertiary/aromatic N) is 3. The number of carbonyl (C=O) groups excluding carboxylic acids is 1. The standard InChI is InChI=1S/C20H20BrN3O2S/c1-26-20(25)15-7-6-14(21)12-17(15)24-10-8-23(9-11-24)13-19-22-16-4-2-3-5-18(16)27-19/h2-7,12H,8-11,13H2,1H3. The maximum atomic E-state index is 12.1. The Balaban J connectivity index is 1.44. The van der Waals surface area contributed by atoms with E-state index in [4.69, 9.17) is 9.72 Å². The van der Waals surface area contributed by atoms with E-state index in [-0.39, 0.29) is 5.97 Å². The van der Waals surface area contributed by atoms with E-state index in [2.05, 4.69) is 43.9 Å². The van der Waals surface area contributed by atoms with Gasteiger partial charge in [-0.25, -0.2) is 9.78 Å². The van der Waals surface area contributed by atoms with Gasteiger partial charge in [0.05, 0.1) is 35.1 Å². The van der Waals surface area contributed by atoms with Crippen LogP contribution in [0.1, 0.15) is 15.4 Å². The highest BCUT2D eigenvalue weighted by atomic mass is 79.9. The molecule has 7 heteroatoms. The third-order valence-corrected chi connectivity index (χ3v) is 6.29. The lowest BCUT2D eigenvalue weighted by Gasteiger charge is -2.36. The van der Waals surface area contributed by atoms with Gasteiger partial charge in [-0.15, -0.1) is 11.3 Å². The molecule has 1 fully saturated rings. The molecule has 0 aliphatic carbocycles. The zero-order valence-corrected chi connectivity index (χ0v) is 17.4. The first-order valence-corrected chi connectivity index (χ1v) is 10.4. The molecule has 0 saturated carbocycles. The number of rotatable bonds is 4. The molecule has 4 rings (SSSR count). The third kappa shape index (κ3) is 4.00. The summed E-state index contributed by atoms with van der Waals surface area (Å²) in [6, 6.07) is 14.0. The Kier molecular flexibility index (Phi) is 5.43. The number of hydrogen-bond acceptors (Lipinski definition) is 6. The minimum atomic E-state index is -0.297. The fourth-order valence-corrected chi connectivity index (χ4v) is 4.73. The number of thiazole rings is 1. The van der Waals surface area contributed by atoms with Crippen LogP contribution in [0.4, 0.5) is 5.69 Å². The van der Waals surface area contributed by atoms with Crippen LogP contribution in [0, 0.1) is 0 Å². The van der Waals surface area contributed by atoms with Gasteiger partial charge in [0, 0.05) is 30.7 Å². The molecular formula is C20H20BrN3O2S. The summed E-state index contributed by atoms with van der Waals surface area (Å²) in [6.07, 6.45) is 0. The highest BCUT2D eigenvalue weighted by Crippen LogP contribution is 2.28. The zero-order chi connectivity index (χ0) is 18.8. The van der Waals surface area contributed by atoms with Crippen LogP contribution >= 0.6 is 27.3 Å².